The van der Waals surface area contributed by atoms with Crippen molar-refractivity contribution in [3.05, 3.63) is 70.2 Å². The summed E-state index contributed by atoms with van der Waals surface area (Å²) in [4.78, 5) is 13.1. The van der Waals surface area contributed by atoms with Crippen molar-refractivity contribution in [3.63, 3.8) is 0 Å². The molecule has 0 radical (unpaired) electrons. The maximum atomic E-state index is 14.8. The number of aliphatic imine (C=N–C) groups is 1. The second-order valence-corrected chi connectivity index (χ2v) is 6.94. The fraction of sp³-hybridized carbons (Fsp3) is 0.227. The average Bonchev–Trinajstić information content (AvgIpc) is 3.23. The molecule has 1 aromatic heterocycles. The predicted octanol–water partition coefficient (Wildman–Crippen LogP) is 5.00. The van der Waals surface area contributed by atoms with Crippen LogP contribution in [0.25, 0.3) is 6.08 Å². The lowest BCUT2D eigenvalue weighted by atomic mass is 10.1. The molecule has 1 aliphatic carbocycles. The first-order valence-corrected chi connectivity index (χ1v) is 9.18. The molecule has 0 saturated heterocycles. The van der Waals surface area contributed by atoms with Crippen molar-refractivity contribution in [1.29, 1.82) is 0 Å². The Morgan fingerprint density at radius 2 is 2.04 bits per heavy atom. The fourth-order valence-corrected chi connectivity index (χ4v) is 3.31. The molecule has 5 nitrogen and oxygen atoms in total. The Morgan fingerprint density at radius 3 is 2.86 bits per heavy atom. The largest absolute Gasteiger partial charge is 0.421 e. The smallest absolute Gasteiger partial charge is 0.324 e. The van der Waals surface area contributed by atoms with Gasteiger partial charge in [-0.15, -0.1) is 0 Å². The maximum absolute atomic E-state index is 14.8. The van der Waals surface area contributed by atoms with E-state index in [1.807, 2.05) is 51.1 Å². The van der Waals surface area contributed by atoms with Crippen LogP contribution in [0.1, 0.15) is 30.7 Å². The van der Waals surface area contributed by atoms with Crippen LogP contribution in [0.15, 0.2) is 52.6 Å². The first-order valence-electron chi connectivity index (χ1n) is 9.18. The van der Waals surface area contributed by atoms with Gasteiger partial charge in [-0.2, -0.15) is 4.98 Å². The monoisotopic (exact) mass is 376 g/mol. The number of nitrogens with zero attached hydrogens (tertiary/aromatic N) is 3. The Labute approximate surface area is 163 Å². The van der Waals surface area contributed by atoms with Crippen LogP contribution in [0.2, 0.25) is 0 Å². The molecule has 0 saturated carbocycles. The molecule has 2 heterocycles. The van der Waals surface area contributed by atoms with Crippen molar-refractivity contribution in [2.75, 3.05) is 11.9 Å². The van der Waals surface area contributed by atoms with E-state index < -0.39 is 0 Å². The van der Waals surface area contributed by atoms with Gasteiger partial charge in [0, 0.05) is 17.3 Å². The van der Waals surface area contributed by atoms with Crippen LogP contribution in [-0.4, -0.2) is 22.3 Å². The van der Waals surface area contributed by atoms with Crippen molar-refractivity contribution in [1.82, 2.24) is 9.97 Å². The second kappa shape index (κ2) is 7.38. The number of aromatic nitrogens is 2. The number of nitrogens with one attached hydrogen (secondary N) is 1. The standard InChI is InChI=1S/C22H21FN4O/c1-4-5-15-11-19(24-12-15)26-20-10-14(3)25-22(27-20)28-18-7-6-16-8-13(2)9-17(16)21(18)23/h4-7,9-11H,8,12H2,1-3H3,(H,24,25,26,27)/b5-4+. The van der Waals surface area contributed by atoms with E-state index in [1.165, 1.54) is 0 Å². The minimum absolute atomic E-state index is 0.0938. The molecule has 0 spiro atoms. The molecule has 28 heavy (non-hydrogen) atoms. The molecule has 0 atom stereocenters. The summed E-state index contributed by atoms with van der Waals surface area (Å²) >= 11 is 0. The third-order valence-electron chi connectivity index (χ3n) is 4.52. The summed E-state index contributed by atoms with van der Waals surface area (Å²) in [5.74, 6) is 1.01. The normalized spacial score (nSPS) is 15.4. The number of rotatable bonds is 4. The summed E-state index contributed by atoms with van der Waals surface area (Å²) in [6.45, 7) is 6.43. The van der Waals surface area contributed by atoms with Crippen LogP contribution in [0.5, 0.6) is 11.8 Å². The van der Waals surface area contributed by atoms with Crippen LogP contribution in [0.3, 0.4) is 0 Å². The van der Waals surface area contributed by atoms with Gasteiger partial charge < -0.3 is 10.1 Å². The number of hydrogen-bond donors (Lipinski definition) is 1. The topological polar surface area (TPSA) is 59.4 Å². The third-order valence-corrected chi connectivity index (χ3v) is 4.52. The van der Waals surface area contributed by atoms with E-state index in [4.69, 9.17) is 4.74 Å². The van der Waals surface area contributed by atoms with Gasteiger partial charge >= 0.3 is 6.01 Å². The molecule has 0 amide bonds. The molecule has 142 valence electrons. The summed E-state index contributed by atoms with van der Waals surface area (Å²) in [5, 5.41) is 3.16. The molecule has 1 aliphatic heterocycles. The highest BCUT2D eigenvalue weighted by Gasteiger charge is 2.19. The van der Waals surface area contributed by atoms with Gasteiger partial charge in [0.1, 0.15) is 11.7 Å². The lowest BCUT2D eigenvalue weighted by Crippen LogP contribution is -2.10. The Morgan fingerprint density at radius 1 is 1.18 bits per heavy atom. The molecular formula is C22H21FN4O. The zero-order chi connectivity index (χ0) is 19.7. The highest BCUT2D eigenvalue weighted by atomic mass is 19.1. The molecule has 0 fully saturated rings. The molecule has 0 unspecified atom stereocenters. The zero-order valence-electron chi connectivity index (χ0n) is 16.1. The van der Waals surface area contributed by atoms with Crippen molar-refractivity contribution in [2.24, 2.45) is 4.99 Å². The lowest BCUT2D eigenvalue weighted by molar-refractivity contribution is 0.410. The molecule has 0 bridgehead atoms. The van der Waals surface area contributed by atoms with Crippen LogP contribution in [0.4, 0.5) is 10.2 Å². The second-order valence-electron chi connectivity index (χ2n) is 6.94. The van der Waals surface area contributed by atoms with Crippen LogP contribution < -0.4 is 10.1 Å². The van der Waals surface area contributed by atoms with Crippen molar-refractivity contribution >= 4 is 17.7 Å². The van der Waals surface area contributed by atoms with Gasteiger partial charge in [-0.3, -0.25) is 4.99 Å². The lowest BCUT2D eigenvalue weighted by Gasteiger charge is -2.10. The van der Waals surface area contributed by atoms with Crippen LogP contribution in [-0.2, 0) is 6.42 Å². The fourth-order valence-electron chi connectivity index (χ4n) is 3.31. The van der Waals surface area contributed by atoms with E-state index in [2.05, 4.69) is 20.3 Å². The number of benzene rings is 1. The molecule has 2 aromatic rings. The van der Waals surface area contributed by atoms with E-state index >= 15 is 0 Å². The summed E-state index contributed by atoms with van der Waals surface area (Å²) in [6, 6.07) is 5.40. The summed E-state index contributed by atoms with van der Waals surface area (Å²) < 4.78 is 20.5. The van der Waals surface area contributed by atoms with E-state index in [0.717, 1.165) is 29.0 Å². The van der Waals surface area contributed by atoms with Gasteiger partial charge in [-0.1, -0.05) is 29.9 Å². The van der Waals surface area contributed by atoms with Crippen molar-refractivity contribution in [3.8, 4) is 11.8 Å². The van der Waals surface area contributed by atoms with E-state index in [9.17, 15) is 4.39 Å². The van der Waals surface area contributed by atoms with E-state index in [0.29, 0.717) is 23.6 Å². The number of hydrogen-bond acceptors (Lipinski definition) is 5. The van der Waals surface area contributed by atoms with Gasteiger partial charge in [0.25, 0.3) is 0 Å². The predicted molar refractivity (Wildman–Crippen MR) is 109 cm³/mol. The number of amidine groups is 1. The minimum atomic E-state index is -0.381. The summed E-state index contributed by atoms with van der Waals surface area (Å²) in [7, 11) is 0. The van der Waals surface area contributed by atoms with Gasteiger partial charge in [0.05, 0.1) is 6.54 Å². The molecule has 2 aliphatic rings. The Bertz CT molecular complexity index is 1070. The van der Waals surface area contributed by atoms with Crippen LogP contribution in [0, 0.1) is 12.7 Å². The van der Waals surface area contributed by atoms with E-state index in [-0.39, 0.29) is 17.6 Å². The number of ether oxygens (including phenoxy) is 1. The highest BCUT2D eigenvalue weighted by Crippen LogP contribution is 2.33. The first-order chi connectivity index (χ1) is 13.5. The van der Waals surface area contributed by atoms with Crippen molar-refractivity contribution in [2.45, 2.75) is 27.2 Å². The quantitative estimate of drug-likeness (QED) is 0.816. The summed E-state index contributed by atoms with van der Waals surface area (Å²) in [6.07, 6.45) is 8.59. The average molecular weight is 376 g/mol. The first kappa shape index (κ1) is 18.1. The number of fused-ring (bicyclic) bond motifs is 1. The van der Waals surface area contributed by atoms with Gasteiger partial charge in [0.15, 0.2) is 11.6 Å². The Balaban J connectivity index is 1.56. The van der Waals surface area contributed by atoms with Gasteiger partial charge in [0.2, 0.25) is 0 Å². The summed E-state index contributed by atoms with van der Waals surface area (Å²) in [5.41, 5.74) is 4.52. The number of anilines is 1. The number of halogens is 1. The maximum Gasteiger partial charge on any atom is 0.324 e. The van der Waals surface area contributed by atoms with Gasteiger partial charge in [-0.05, 0) is 50.5 Å². The number of aryl methyl sites for hydroxylation is 1. The molecule has 1 aromatic carbocycles. The Kier molecular flexibility index (Phi) is 4.77. The SMILES string of the molecule is C/C=C/C1=CC(Nc2cc(C)nc(Oc3ccc4c(c3F)C=C(C)C4)n2)=NC1. The molecular weight excluding hydrogens is 355 g/mol. The zero-order valence-corrected chi connectivity index (χ0v) is 16.1. The van der Waals surface area contributed by atoms with E-state index in [1.54, 1.807) is 12.1 Å². The molecule has 6 heteroatoms. The highest BCUT2D eigenvalue weighted by molar-refractivity contribution is 6.05. The number of allylic oxidation sites excluding steroid dienone is 2. The van der Waals surface area contributed by atoms with Crippen molar-refractivity contribution < 1.29 is 9.13 Å². The van der Waals surface area contributed by atoms with Gasteiger partial charge in [-0.25, -0.2) is 9.37 Å². The van der Waals surface area contributed by atoms with Crippen LogP contribution >= 0.6 is 0 Å². The molecule has 1 N–H and O–H groups in total. The Hall–Kier alpha value is -3.28. The minimum Gasteiger partial charge on any atom is -0.421 e. The molecule has 4 rings (SSSR count). The third kappa shape index (κ3) is 3.71.